The van der Waals surface area contributed by atoms with Gasteiger partial charge in [0.25, 0.3) is 0 Å². The fourth-order valence-corrected chi connectivity index (χ4v) is 3.85. The van der Waals surface area contributed by atoms with Gasteiger partial charge in [-0.2, -0.15) is 4.31 Å². The van der Waals surface area contributed by atoms with E-state index in [4.69, 9.17) is 0 Å². The zero-order valence-corrected chi connectivity index (χ0v) is 12.9. The Morgan fingerprint density at radius 3 is 2.45 bits per heavy atom. The first kappa shape index (κ1) is 15.5. The second kappa shape index (κ2) is 6.24. The molecular formula is C15H23NO3S. The van der Waals surface area contributed by atoms with Gasteiger partial charge < -0.3 is 5.11 Å². The first-order valence-electron chi connectivity index (χ1n) is 7.17. The predicted octanol–water partition coefficient (Wildman–Crippen LogP) is 2.03. The molecule has 0 spiro atoms. The summed E-state index contributed by atoms with van der Waals surface area (Å²) in [5, 5.41) is 9.47. The average Bonchev–Trinajstić information content (AvgIpc) is 2.84. The lowest BCUT2D eigenvalue weighted by Gasteiger charge is -2.16. The van der Waals surface area contributed by atoms with Crippen molar-refractivity contribution in [2.75, 3.05) is 13.1 Å². The first-order valence-corrected chi connectivity index (χ1v) is 8.61. The number of aliphatic hydroxyl groups is 1. The van der Waals surface area contributed by atoms with E-state index in [-0.39, 0.29) is 6.54 Å². The minimum atomic E-state index is -3.45. The van der Waals surface area contributed by atoms with Crippen molar-refractivity contribution in [3.63, 3.8) is 0 Å². The number of aryl methyl sites for hydroxylation is 1. The lowest BCUT2D eigenvalue weighted by atomic mass is 10.0. The largest absolute Gasteiger partial charge is 0.392 e. The van der Waals surface area contributed by atoms with E-state index < -0.39 is 16.1 Å². The molecule has 1 atom stereocenters. The van der Waals surface area contributed by atoms with Crippen LogP contribution in [0.25, 0.3) is 0 Å². The number of sulfonamides is 1. The molecule has 1 heterocycles. The molecule has 112 valence electrons. The minimum absolute atomic E-state index is 0.206. The fraction of sp³-hybridized carbons (Fsp3) is 0.600. The standard InChI is InChI=1S/C15H23NO3S/c1-12(2)3-4-13-5-7-15(8-6-13)20(18,19)16-10-9-14(17)11-16/h5-8,12,14,17H,3-4,9-11H2,1-2H3/t14-/m1/s1. The minimum Gasteiger partial charge on any atom is -0.392 e. The Morgan fingerprint density at radius 2 is 1.95 bits per heavy atom. The van der Waals surface area contributed by atoms with Crippen LogP contribution in [0, 0.1) is 5.92 Å². The molecule has 1 saturated heterocycles. The third-order valence-corrected chi connectivity index (χ3v) is 5.58. The van der Waals surface area contributed by atoms with Crippen molar-refractivity contribution < 1.29 is 13.5 Å². The molecule has 0 bridgehead atoms. The maximum absolute atomic E-state index is 12.4. The molecule has 20 heavy (non-hydrogen) atoms. The number of aliphatic hydroxyl groups excluding tert-OH is 1. The van der Waals surface area contributed by atoms with E-state index >= 15 is 0 Å². The molecule has 2 rings (SSSR count). The number of hydrogen-bond acceptors (Lipinski definition) is 3. The van der Waals surface area contributed by atoms with Crippen LogP contribution in [0.3, 0.4) is 0 Å². The lowest BCUT2D eigenvalue weighted by Crippen LogP contribution is -2.29. The van der Waals surface area contributed by atoms with Gasteiger partial charge in [0.2, 0.25) is 10.0 Å². The summed E-state index contributed by atoms with van der Waals surface area (Å²) in [6.07, 6.45) is 2.06. The van der Waals surface area contributed by atoms with Crippen LogP contribution in [0.4, 0.5) is 0 Å². The van der Waals surface area contributed by atoms with Gasteiger partial charge in [-0.15, -0.1) is 0 Å². The average molecular weight is 297 g/mol. The summed E-state index contributed by atoms with van der Waals surface area (Å²) >= 11 is 0. The van der Waals surface area contributed by atoms with Crippen LogP contribution in [0.2, 0.25) is 0 Å². The van der Waals surface area contributed by atoms with Gasteiger partial charge in [0.05, 0.1) is 11.0 Å². The number of β-amino-alcohol motifs (C(OH)–C–C–N with tert-alkyl or cyclic N) is 1. The van der Waals surface area contributed by atoms with Crippen molar-refractivity contribution in [1.82, 2.24) is 4.31 Å². The third kappa shape index (κ3) is 3.59. The van der Waals surface area contributed by atoms with Gasteiger partial charge in [-0.05, 0) is 42.9 Å². The van der Waals surface area contributed by atoms with E-state index in [1.54, 1.807) is 12.1 Å². The second-order valence-electron chi connectivity index (χ2n) is 5.88. The zero-order chi connectivity index (χ0) is 14.8. The third-order valence-electron chi connectivity index (χ3n) is 3.70. The van der Waals surface area contributed by atoms with E-state index in [1.807, 2.05) is 12.1 Å². The van der Waals surface area contributed by atoms with Gasteiger partial charge >= 0.3 is 0 Å². The van der Waals surface area contributed by atoms with Crippen molar-refractivity contribution in [2.45, 2.75) is 44.1 Å². The maximum Gasteiger partial charge on any atom is 0.243 e. The van der Waals surface area contributed by atoms with Crippen LogP contribution < -0.4 is 0 Å². The normalized spacial score (nSPS) is 20.7. The molecule has 1 aliphatic rings. The van der Waals surface area contributed by atoms with Crippen LogP contribution in [0.1, 0.15) is 32.3 Å². The molecule has 0 saturated carbocycles. The zero-order valence-electron chi connectivity index (χ0n) is 12.1. The molecule has 1 aromatic carbocycles. The summed E-state index contributed by atoms with van der Waals surface area (Å²) in [5.41, 5.74) is 1.17. The van der Waals surface area contributed by atoms with Gasteiger partial charge in [-0.3, -0.25) is 0 Å². The Hall–Kier alpha value is -0.910. The van der Waals surface area contributed by atoms with Crippen molar-refractivity contribution >= 4 is 10.0 Å². The van der Waals surface area contributed by atoms with E-state index in [9.17, 15) is 13.5 Å². The Kier molecular flexibility index (Phi) is 4.83. The van der Waals surface area contributed by atoms with E-state index in [2.05, 4.69) is 13.8 Å². The Labute approximate surface area is 121 Å². The van der Waals surface area contributed by atoms with Crippen LogP contribution in [0.15, 0.2) is 29.2 Å². The monoisotopic (exact) mass is 297 g/mol. The highest BCUT2D eigenvalue weighted by atomic mass is 32.2. The molecule has 0 amide bonds. The van der Waals surface area contributed by atoms with Crippen LogP contribution >= 0.6 is 0 Å². The van der Waals surface area contributed by atoms with Crippen molar-refractivity contribution in [3.8, 4) is 0 Å². The van der Waals surface area contributed by atoms with Crippen molar-refractivity contribution in [1.29, 1.82) is 0 Å². The molecule has 1 fully saturated rings. The molecule has 4 nitrogen and oxygen atoms in total. The highest BCUT2D eigenvalue weighted by Crippen LogP contribution is 2.22. The molecule has 1 aliphatic heterocycles. The molecule has 5 heteroatoms. The fourth-order valence-electron chi connectivity index (χ4n) is 2.36. The Morgan fingerprint density at radius 1 is 1.30 bits per heavy atom. The number of nitrogens with zero attached hydrogens (tertiary/aromatic N) is 1. The van der Waals surface area contributed by atoms with E-state index in [0.717, 1.165) is 12.8 Å². The molecule has 1 aromatic rings. The highest BCUT2D eigenvalue weighted by Gasteiger charge is 2.31. The van der Waals surface area contributed by atoms with Gasteiger partial charge in [0, 0.05) is 13.1 Å². The van der Waals surface area contributed by atoms with Gasteiger partial charge in [0.15, 0.2) is 0 Å². The quantitative estimate of drug-likeness (QED) is 0.904. The summed E-state index contributed by atoms with van der Waals surface area (Å²) in [6, 6.07) is 7.13. The van der Waals surface area contributed by atoms with E-state index in [0.29, 0.717) is 23.8 Å². The summed E-state index contributed by atoms with van der Waals surface area (Å²) in [4.78, 5) is 0.319. The summed E-state index contributed by atoms with van der Waals surface area (Å²) in [5.74, 6) is 0.643. The highest BCUT2D eigenvalue weighted by molar-refractivity contribution is 7.89. The lowest BCUT2D eigenvalue weighted by molar-refractivity contribution is 0.189. The SMILES string of the molecule is CC(C)CCc1ccc(S(=O)(=O)N2CC[C@@H](O)C2)cc1. The predicted molar refractivity (Wildman–Crippen MR) is 79.0 cm³/mol. The number of benzene rings is 1. The van der Waals surface area contributed by atoms with Gasteiger partial charge in [0.1, 0.15) is 0 Å². The van der Waals surface area contributed by atoms with Gasteiger partial charge in [-0.25, -0.2) is 8.42 Å². The van der Waals surface area contributed by atoms with Gasteiger partial charge in [-0.1, -0.05) is 26.0 Å². The van der Waals surface area contributed by atoms with Crippen LogP contribution in [-0.2, 0) is 16.4 Å². The molecule has 0 aliphatic carbocycles. The van der Waals surface area contributed by atoms with Crippen molar-refractivity contribution in [2.24, 2.45) is 5.92 Å². The van der Waals surface area contributed by atoms with Crippen LogP contribution in [0.5, 0.6) is 0 Å². The molecular weight excluding hydrogens is 274 g/mol. The summed E-state index contributed by atoms with van der Waals surface area (Å²) in [6.45, 7) is 4.96. The summed E-state index contributed by atoms with van der Waals surface area (Å²) < 4.78 is 26.1. The molecule has 0 radical (unpaired) electrons. The topological polar surface area (TPSA) is 57.6 Å². The number of hydrogen-bond donors (Lipinski definition) is 1. The molecule has 1 N–H and O–H groups in total. The summed E-state index contributed by atoms with van der Waals surface area (Å²) in [7, 11) is -3.45. The maximum atomic E-state index is 12.4. The Balaban J connectivity index is 2.09. The Bertz CT molecular complexity index is 537. The number of rotatable bonds is 5. The van der Waals surface area contributed by atoms with Crippen LogP contribution in [-0.4, -0.2) is 37.0 Å². The van der Waals surface area contributed by atoms with E-state index in [1.165, 1.54) is 9.87 Å². The molecule has 0 aromatic heterocycles. The molecule has 0 unspecified atom stereocenters. The smallest absolute Gasteiger partial charge is 0.243 e. The van der Waals surface area contributed by atoms with Crippen molar-refractivity contribution in [3.05, 3.63) is 29.8 Å². The second-order valence-corrected chi connectivity index (χ2v) is 7.82. The first-order chi connectivity index (χ1) is 9.39.